The molecule has 7 nitrogen and oxygen atoms in total. The first-order valence-electron chi connectivity index (χ1n) is 8.20. The normalized spacial score (nSPS) is 10.4. The van der Waals surface area contributed by atoms with Crippen LogP contribution in [0.15, 0.2) is 18.3 Å². The Bertz CT molecular complexity index is 768. The lowest BCUT2D eigenvalue weighted by molar-refractivity contribution is 0.0525. The largest absolute Gasteiger partial charge is 0.478 e. The Morgan fingerprint density at radius 2 is 2.00 bits per heavy atom. The molecule has 25 heavy (non-hydrogen) atoms. The number of carbonyl (C=O) groups excluding carboxylic acids is 2. The molecular weight excluding hydrogens is 322 g/mol. The third kappa shape index (κ3) is 4.17. The highest BCUT2D eigenvalue weighted by molar-refractivity contribution is 6.00. The molecule has 134 valence electrons. The van der Waals surface area contributed by atoms with E-state index >= 15 is 0 Å². The average Bonchev–Trinajstić information content (AvgIpc) is 2.89. The van der Waals surface area contributed by atoms with Crippen LogP contribution in [0.3, 0.4) is 0 Å². The number of aromatic amines is 1. The van der Waals surface area contributed by atoms with Gasteiger partial charge in [0.1, 0.15) is 5.69 Å². The summed E-state index contributed by atoms with van der Waals surface area (Å²) < 4.78 is 10.5. The average molecular weight is 345 g/mol. The van der Waals surface area contributed by atoms with Crippen LogP contribution in [0, 0.1) is 13.8 Å². The highest BCUT2D eigenvalue weighted by Crippen LogP contribution is 2.20. The maximum Gasteiger partial charge on any atom is 0.340 e. The summed E-state index contributed by atoms with van der Waals surface area (Å²) in [5.74, 6) is -0.238. The Labute approximate surface area is 146 Å². The number of nitrogens with zero attached hydrogens (tertiary/aromatic N) is 1. The lowest BCUT2D eigenvalue weighted by Gasteiger charge is -2.09. The molecule has 2 heterocycles. The SMILES string of the molecule is CCOC(=O)c1c(C)[nH]c(C(=O)NCc2cccnc2OCC)c1C. The quantitative estimate of drug-likeness (QED) is 0.752. The number of pyridine rings is 1. The first-order valence-corrected chi connectivity index (χ1v) is 8.20. The van der Waals surface area contributed by atoms with E-state index in [1.807, 2.05) is 13.0 Å². The van der Waals surface area contributed by atoms with E-state index in [0.29, 0.717) is 35.0 Å². The van der Waals surface area contributed by atoms with Gasteiger partial charge in [-0.1, -0.05) is 6.07 Å². The molecule has 2 aromatic rings. The molecule has 0 aliphatic carbocycles. The van der Waals surface area contributed by atoms with Gasteiger partial charge in [0.2, 0.25) is 5.88 Å². The van der Waals surface area contributed by atoms with Crippen LogP contribution in [0.25, 0.3) is 0 Å². The molecule has 0 aromatic carbocycles. The first kappa shape index (κ1) is 18.5. The lowest BCUT2D eigenvalue weighted by Crippen LogP contribution is -2.24. The Kier molecular flexibility index (Phi) is 6.16. The van der Waals surface area contributed by atoms with E-state index in [-0.39, 0.29) is 19.1 Å². The molecule has 0 atom stereocenters. The molecule has 0 saturated heterocycles. The fourth-order valence-corrected chi connectivity index (χ4v) is 2.58. The molecule has 7 heteroatoms. The third-order valence-corrected chi connectivity index (χ3v) is 3.71. The van der Waals surface area contributed by atoms with Crippen molar-refractivity contribution in [2.24, 2.45) is 0 Å². The molecule has 2 N–H and O–H groups in total. The standard InChI is InChI=1S/C18H23N3O4/c1-5-24-17-13(8-7-9-19-17)10-20-16(22)15-11(3)14(12(4)21-15)18(23)25-6-2/h7-9,21H,5-6,10H2,1-4H3,(H,20,22). The number of rotatable bonds is 7. The van der Waals surface area contributed by atoms with Crippen molar-refractivity contribution in [1.29, 1.82) is 0 Å². The molecule has 0 unspecified atom stereocenters. The summed E-state index contributed by atoms with van der Waals surface area (Å²) in [4.78, 5) is 31.6. The van der Waals surface area contributed by atoms with E-state index in [2.05, 4.69) is 15.3 Å². The van der Waals surface area contributed by atoms with Gasteiger partial charge >= 0.3 is 5.97 Å². The Hall–Kier alpha value is -2.83. The van der Waals surface area contributed by atoms with Crippen LogP contribution in [0.1, 0.15) is 51.5 Å². The molecule has 2 aromatic heterocycles. The van der Waals surface area contributed by atoms with Gasteiger partial charge in [-0.05, 0) is 39.3 Å². The molecule has 2 rings (SSSR count). The number of H-pyrrole nitrogens is 1. The van der Waals surface area contributed by atoms with Crippen LogP contribution >= 0.6 is 0 Å². The summed E-state index contributed by atoms with van der Waals surface area (Å²) >= 11 is 0. The zero-order valence-corrected chi connectivity index (χ0v) is 14.9. The maximum absolute atomic E-state index is 12.5. The highest BCUT2D eigenvalue weighted by atomic mass is 16.5. The van der Waals surface area contributed by atoms with E-state index in [9.17, 15) is 9.59 Å². The van der Waals surface area contributed by atoms with Gasteiger partial charge in [-0.3, -0.25) is 4.79 Å². The van der Waals surface area contributed by atoms with Crippen molar-refractivity contribution in [2.75, 3.05) is 13.2 Å². The summed E-state index contributed by atoms with van der Waals surface area (Å²) in [7, 11) is 0. The van der Waals surface area contributed by atoms with Gasteiger partial charge in [0.05, 0.1) is 18.8 Å². The molecule has 0 spiro atoms. The fraction of sp³-hybridized carbons (Fsp3) is 0.389. The number of hydrogen-bond acceptors (Lipinski definition) is 5. The molecule has 1 amide bonds. The van der Waals surface area contributed by atoms with Gasteiger partial charge in [-0.2, -0.15) is 0 Å². The molecule has 0 bridgehead atoms. The van der Waals surface area contributed by atoms with Crippen LogP contribution in [-0.2, 0) is 11.3 Å². The van der Waals surface area contributed by atoms with Gasteiger partial charge in [-0.15, -0.1) is 0 Å². The molecule has 0 fully saturated rings. The lowest BCUT2D eigenvalue weighted by atomic mass is 10.1. The number of aryl methyl sites for hydroxylation is 1. The summed E-state index contributed by atoms with van der Waals surface area (Å²) in [6, 6.07) is 3.63. The number of ether oxygens (including phenoxy) is 2. The molecular formula is C18H23N3O4. The van der Waals surface area contributed by atoms with Gasteiger partial charge in [0.25, 0.3) is 5.91 Å². The van der Waals surface area contributed by atoms with Crippen LogP contribution in [0.5, 0.6) is 5.88 Å². The number of aromatic nitrogens is 2. The molecule has 0 saturated carbocycles. The van der Waals surface area contributed by atoms with Crippen LogP contribution in [0.4, 0.5) is 0 Å². The van der Waals surface area contributed by atoms with E-state index < -0.39 is 5.97 Å². The Morgan fingerprint density at radius 3 is 2.68 bits per heavy atom. The highest BCUT2D eigenvalue weighted by Gasteiger charge is 2.22. The van der Waals surface area contributed by atoms with Crippen LogP contribution in [0.2, 0.25) is 0 Å². The Balaban J connectivity index is 2.14. The second-order valence-corrected chi connectivity index (χ2v) is 5.43. The molecule has 0 aliphatic heterocycles. The van der Waals surface area contributed by atoms with Gasteiger partial charge in [0, 0.05) is 24.0 Å². The number of carbonyl (C=O) groups is 2. The number of nitrogens with one attached hydrogen (secondary N) is 2. The van der Waals surface area contributed by atoms with Gasteiger partial charge < -0.3 is 19.8 Å². The zero-order valence-electron chi connectivity index (χ0n) is 14.9. The number of hydrogen-bond donors (Lipinski definition) is 2. The summed E-state index contributed by atoms with van der Waals surface area (Å²) in [5.41, 5.74) is 2.72. The topological polar surface area (TPSA) is 93.3 Å². The van der Waals surface area contributed by atoms with Gasteiger partial charge in [-0.25, -0.2) is 9.78 Å². The Morgan fingerprint density at radius 1 is 1.24 bits per heavy atom. The minimum atomic E-state index is -0.432. The van der Waals surface area contributed by atoms with Crippen molar-refractivity contribution in [3.63, 3.8) is 0 Å². The van der Waals surface area contributed by atoms with Crippen molar-refractivity contribution in [3.8, 4) is 5.88 Å². The number of esters is 1. The second kappa shape index (κ2) is 8.32. The van der Waals surface area contributed by atoms with Crippen LogP contribution < -0.4 is 10.1 Å². The zero-order chi connectivity index (χ0) is 18.4. The second-order valence-electron chi connectivity index (χ2n) is 5.43. The minimum Gasteiger partial charge on any atom is -0.478 e. The summed E-state index contributed by atoms with van der Waals surface area (Å²) in [5, 5.41) is 2.82. The smallest absolute Gasteiger partial charge is 0.340 e. The predicted octanol–water partition coefficient (Wildman–Crippen LogP) is 2.53. The van der Waals surface area contributed by atoms with Crippen molar-refractivity contribution < 1.29 is 19.1 Å². The van der Waals surface area contributed by atoms with Crippen molar-refractivity contribution in [1.82, 2.24) is 15.3 Å². The summed E-state index contributed by atoms with van der Waals surface area (Å²) in [6.07, 6.45) is 1.64. The monoisotopic (exact) mass is 345 g/mol. The van der Waals surface area contributed by atoms with E-state index in [4.69, 9.17) is 9.47 Å². The van der Waals surface area contributed by atoms with Crippen molar-refractivity contribution in [3.05, 3.63) is 46.4 Å². The van der Waals surface area contributed by atoms with Crippen LogP contribution in [-0.4, -0.2) is 35.1 Å². The van der Waals surface area contributed by atoms with E-state index in [1.54, 1.807) is 33.0 Å². The maximum atomic E-state index is 12.5. The van der Waals surface area contributed by atoms with Gasteiger partial charge in [0.15, 0.2) is 0 Å². The van der Waals surface area contributed by atoms with E-state index in [0.717, 1.165) is 5.56 Å². The predicted molar refractivity (Wildman–Crippen MR) is 92.8 cm³/mol. The number of amides is 1. The molecule has 0 radical (unpaired) electrons. The summed E-state index contributed by atoms with van der Waals surface area (Å²) in [6.45, 7) is 8.13. The first-order chi connectivity index (χ1) is 12.0. The van der Waals surface area contributed by atoms with Crippen molar-refractivity contribution >= 4 is 11.9 Å². The van der Waals surface area contributed by atoms with E-state index in [1.165, 1.54) is 0 Å². The van der Waals surface area contributed by atoms with Crippen molar-refractivity contribution in [2.45, 2.75) is 34.2 Å². The minimum absolute atomic E-state index is 0.272. The third-order valence-electron chi connectivity index (χ3n) is 3.71. The fourth-order valence-electron chi connectivity index (χ4n) is 2.58. The molecule has 0 aliphatic rings.